The lowest BCUT2D eigenvalue weighted by Gasteiger charge is -2.11. The zero-order valence-corrected chi connectivity index (χ0v) is 17.8. The van der Waals surface area contributed by atoms with E-state index < -0.39 is 0 Å². The predicted octanol–water partition coefficient (Wildman–Crippen LogP) is 6.09. The lowest BCUT2D eigenvalue weighted by molar-refractivity contribution is -0.117. The van der Waals surface area contributed by atoms with E-state index >= 15 is 0 Å². The standard InChI is InChI=1S/C28H25NO2/c1-20-16-25(14-15-29-20)23-10-8-21(9-11-23)17-27(30)19-26-18-24(12-13-28(26)31-2)22-6-4-3-5-7-22/h3-16,18H,17,19H2,1-2H3. The summed E-state index contributed by atoms with van der Waals surface area (Å²) in [5, 5.41) is 0. The van der Waals surface area contributed by atoms with E-state index in [1.54, 1.807) is 7.11 Å². The van der Waals surface area contributed by atoms with Gasteiger partial charge in [0.15, 0.2) is 0 Å². The summed E-state index contributed by atoms with van der Waals surface area (Å²) < 4.78 is 5.50. The van der Waals surface area contributed by atoms with Crippen LogP contribution in [0.15, 0.2) is 91.1 Å². The van der Waals surface area contributed by atoms with Gasteiger partial charge in [0.05, 0.1) is 7.11 Å². The molecule has 0 radical (unpaired) electrons. The third-order valence-electron chi connectivity index (χ3n) is 5.36. The maximum absolute atomic E-state index is 12.8. The smallest absolute Gasteiger partial charge is 0.141 e. The summed E-state index contributed by atoms with van der Waals surface area (Å²) in [5.74, 6) is 0.910. The van der Waals surface area contributed by atoms with Crippen LogP contribution in [0.5, 0.6) is 5.75 Å². The van der Waals surface area contributed by atoms with Crippen LogP contribution in [0.25, 0.3) is 22.3 Å². The highest BCUT2D eigenvalue weighted by Crippen LogP contribution is 2.27. The average molecular weight is 408 g/mol. The Bertz CT molecular complexity index is 1180. The fraction of sp³-hybridized carbons (Fsp3) is 0.143. The molecule has 3 heteroatoms. The first kappa shape index (κ1) is 20.5. The molecule has 0 saturated carbocycles. The molecule has 0 aliphatic rings. The molecule has 0 unspecified atom stereocenters. The van der Waals surface area contributed by atoms with Gasteiger partial charge in [-0.1, -0.05) is 60.7 Å². The van der Waals surface area contributed by atoms with Crippen molar-refractivity contribution in [2.24, 2.45) is 0 Å². The number of ether oxygens (including phenoxy) is 1. The minimum Gasteiger partial charge on any atom is -0.496 e. The molecule has 0 aliphatic heterocycles. The molecule has 0 aliphatic carbocycles. The van der Waals surface area contributed by atoms with Gasteiger partial charge in [-0.3, -0.25) is 9.78 Å². The Hall–Kier alpha value is -3.72. The van der Waals surface area contributed by atoms with Gasteiger partial charge in [0.2, 0.25) is 0 Å². The van der Waals surface area contributed by atoms with Crippen molar-refractivity contribution < 1.29 is 9.53 Å². The number of rotatable bonds is 7. The van der Waals surface area contributed by atoms with Crippen LogP contribution < -0.4 is 4.74 Å². The summed E-state index contributed by atoms with van der Waals surface area (Å²) in [7, 11) is 1.64. The Labute approximate surface area is 183 Å². The number of aromatic nitrogens is 1. The van der Waals surface area contributed by atoms with Gasteiger partial charge in [0.25, 0.3) is 0 Å². The summed E-state index contributed by atoms with van der Waals surface area (Å²) in [6.45, 7) is 1.98. The molecule has 4 rings (SSSR count). The third-order valence-corrected chi connectivity index (χ3v) is 5.36. The lowest BCUT2D eigenvalue weighted by atomic mass is 9.97. The molecule has 0 saturated heterocycles. The fourth-order valence-electron chi connectivity index (χ4n) is 3.77. The molecule has 3 nitrogen and oxygen atoms in total. The van der Waals surface area contributed by atoms with E-state index in [0.29, 0.717) is 12.8 Å². The highest BCUT2D eigenvalue weighted by atomic mass is 16.5. The summed E-state index contributed by atoms with van der Waals surface area (Å²) in [6, 6.07) is 28.4. The van der Waals surface area contributed by atoms with Crippen molar-refractivity contribution in [1.82, 2.24) is 4.98 Å². The summed E-state index contributed by atoms with van der Waals surface area (Å²) >= 11 is 0. The zero-order chi connectivity index (χ0) is 21.6. The molecule has 0 N–H and O–H groups in total. The predicted molar refractivity (Wildman–Crippen MR) is 125 cm³/mol. The number of Topliss-reactive ketones (excluding diaryl/α,β-unsaturated/α-hetero) is 1. The first-order valence-electron chi connectivity index (χ1n) is 10.4. The van der Waals surface area contributed by atoms with Crippen molar-refractivity contribution in [3.63, 3.8) is 0 Å². The van der Waals surface area contributed by atoms with Crippen LogP contribution in [-0.2, 0) is 17.6 Å². The number of hydrogen-bond donors (Lipinski definition) is 0. The number of methoxy groups -OCH3 is 1. The molecule has 4 aromatic rings. The Kier molecular flexibility index (Phi) is 6.23. The number of aryl methyl sites for hydroxylation is 1. The van der Waals surface area contributed by atoms with E-state index in [-0.39, 0.29) is 5.78 Å². The summed E-state index contributed by atoms with van der Waals surface area (Å²) in [5.41, 5.74) is 7.38. The van der Waals surface area contributed by atoms with Crippen molar-refractivity contribution in [2.75, 3.05) is 7.11 Å². The molecule has 1 aromatic heterocycles. The van der Waals surface area contributed by atoms with E-state index in [0.717, 1.165) is 44.8 Å². The van der Waals surface area contributed by atoms with Gasteiger partial charge in [0.1, 0.15) is 11.5 Å². The van der Waals surface area contributed by atoms with Crippen molar-refractivity contribution in [1.29, 1.82) is 0 Å². The van der Waals surface area contributed by atoms with E-state index in [9.17, 15) is 4.79 Å². The van der Waals surface area contributed by atoms with E-state index in [2.05, 4.69) is 41.4 Å². The monoisotopic (exact) mass is 407 g/mol. The second kappa shape index (κ2) is 9.40. The number of nitrogens with zero attached hydrogens (tertiary/aromatic N) is 1. The zero-order valence-electron chi connectivity index (χ0n) is 17.8. The summed E-state index contributed by atoms with van der Waals surface area (Å²) in [6.07, 6.45) is 2.56. The average Bonchev–Trinajstić information content (AvgIpc) is 2.80. The highest BCUT2D eigenvalue weighted by Gasteiger charge is 2.12. The van der Waals surface area contributed by atoms with Gasteiger partial charge in [0, 0.05) is 30.3 Å². The van der Waals surface area contributed by atoms with Crippen LogP contribution in [0.3, 0.4) is 0 Å². The SMILES string of the molecule is COc1ccc(-c2ccccc2)cc1CC(=O)Cc1ccc(-c2ccnc(C)c2)cc1. The Morgan fingerprint density at radius 3 is 2.16 bits per heavy atom. The van der Waals surface area contributed by atoms with Crippen molar-refractivity contribution >= 4 is 5.78 Å². The minimum atomic E-state index is 0.163. The van der Waals surface area contributed by atoms with Gasteiger partial charge in [-0.25, -0.2) is 0 Å². The topological polar surface area (TPSA) is 39.2 Å². The Balaban J connectivity index is 1.48. The van der Waals surface area contributed by atoms with Crippen LogP contribution in [0, 0.1) is 6.92 Å². The van der Waals surface area contributed by atoms with Crippen LogP contribution in [0.4, 0.5) is 0 Å². The second-order valence-electron chi connectivity index (χ2n) is 7.67. The fourth-order valence-corrected chi connectivity index (χ4v) is 3.77. The first-order valence-corrected chi connectivity index (χ1v) is 10.4. The molecule has 0 bridgehead atoms. The number of ketones is 1. The van der Waals surface area contributed by atoms with Crippen LogP contribution in [-0.4, -0.2) is 17.9 Å². The summed E-state index contributed by atoms with van der Waals surface area (Å²) in [4.78, 5) is 17.1. The Morgan fingerprint density at radius 1 is 0.774 bits per heavy atom. The minimum absolute atomic E-state index is 0.163. The molecule has 154 valence electrons. The normalized spacial score (nSPS) is 10.6. The van der Waals surface area contributed by atoms with Gasteiger partial charge < -0.3 is 4.74 Å². The van der Waals surface area contributed by atoms with Gasteiger partial charge >= 0.3 is 0 Å². The van der Waals surface area contributed by atoms with Crippen molar-refractivity contribution in [3.8, 4) is 28.0 Å². The van der Waals surface area contributed by atoms with Gasteiger partial charge in [-0.05, 0) is 59.0 Å². The number of benzene rings is 3. The molecular formula is C28H25NO2. The quantitative estimate of drug-likeness (QED) is 0.372. The number of carbonyl (C=O) groups is 1. The van der Waals surface area contributed by atoms with Gasteiger partial charge in [-0.2, -0.15) is 0 Å². The number of hydrogen-bond acceptors (Lipinski definition) is 3. The third kappa shape index (κ3) is 5.07. The highest BCUT2D eigenvalue weighted by molar-refractivity contribution is 5.84. The van der Waals surface area contributed by atoms with Gasteiger partial charge in [-0.15, -0.1) is 0 Å². The molecule has 0 amide bonds. The maximum atomic E-state index is 12.8. The molecule has 0 fully saturated rings. The van der Waals surface area contributed by atoms with Crippen LogP contribution >= 0.6 is 0 Å². The van der Waals surface area contributed by atoms with Crippen molar-refractivity contribution in [3.05, 3.63) is 108 Å². The molecule has 3 aromatic carbocycles. The van der Waals surface area contributed by atoms with Crippen LogP contribution in [0.2, 0.25) is 0 Å². The first-order chi connectivity index (χ1) is 15.1. The Morgan fingerprint density at radius 2 is 1.45 bits per heavy atom. The molecule has 0 spiro atoms. The molecule has 31 heavy (non-hydrogen) atoms. The molecular weight excluding hydrogens is 382 g/mol. The van der Waals surface area contributed by atoms with Crippen molar-refractivity contribution in [2.45, 2.75) is 19.8 Å². The van der Waals surface area contributed by atoms with Crippen LogP contribution in [0.1, 0.15) is 16.8 Å². The second-order valence-corrected chi connectivity index (χ2v) is 7.67. The van der Waals surface area contributed by atoms with E-state index in [4.69, 9.17) is 4.74 Å². The van der Waals surface area contributed by atoms with E-state index in [1.807, 2.05) is 61.7 Å². The van der Waals surface area contributed by atoms with E-state index in [1.165, 1.54) is 0 Å². The maximum Gasteiger partial charge on any atom is 0.141 e. The number of pyridine rings is 1. The lowest BCUT2D eigenvalue weighted by Crippen LogP contribution is -2.08. The number of carbonyl (C=O) groups excluding carboxylic acids is 1. The molecule has 0 atom stereocenters. The largest absolute Gasteiger partial charge is 0.496 e. The molecule has 1 heterocycles.